The Bertz CT molecular complexity index is 300. The molecule has 0 aromatic heterocycles. The molecule has 0 amide bonds. The third kappa shape index (κ3) is 1.56. The van der Waals surface area contributed by atoms with Crippen molar-refractivity contribution in [3.8, 4) is 0 Å². The van der Waals surface area contributed by atoms with Crippen molar-refractivity contribution < 1.29 is 9.85 Å². The summed E-state index contributed by atoms with van der Waals surface area (Å²) in [5.41, 5.74) is -0.132. The van der Waals surface area contributed by atoms with Gasteiger partial charge in [-0.05, 0) is 37.0 Å². The van der Waals surface area contributed by atoms with Gasteiger partial charge in [0.15, 0.2) is 6.54 Å². The summed E-state index contributed by atoms with van der Waals surface area (Å²) in [7, 11) is 0. The summed E-state index contributed by atoms with van der Waals surface area (Å²) >= 11 is 0. The van der Waals surface area contributed by atoms with Crippen LogP contribution in [0.5, 0.6) is 0 Å². The highest BCUT2D eigenvalue weighted by Crippen LogP contribution is 2.60. The van der Waals surface area contributed by atoms with Crippen molar-refractivity contribution in [2.75, 3.05) is 6.54 Å². The number of hydroxylamine groups is 1. The summed E-state index contributed by atoms with van der Waals surface area (Å²) in [6.45, 7) is 6.69. The van der Waals surface area contributed by atoms with Crippen molar-refractivity contribution in [3.63, 3.8) is 0 Å². The second kappa shape index (κ2) is 4.02. The van der Waals surface area contributed by atoms with Crippen molar-refractivity contribution >= 4 is 6.21 Å². The van der Waals surface area contributed by atoms with Gasteiger partial charge in [0, 0.05) is 6.92 Å². The minimum atomic E-state index is -0.268. The summed E-state index contributed by atoms with van der Waals surface area (Å²) in [6.07, 6.45) is 4.42. The Labute approximate surface area is 97.8 Å². The van der Waals surface area contributed by atoms with Crippen molar-refractivity contribution in [1.82, 2.24) is 0 Å². The van der Waals surface area contributed by atoms with E-state index in [1.165, 1.54) is 6.42 Å². The fraction of sp³-hybridized carbons (Fsp3) is 0.923. The molecular formula is C13H23NO2. The Morgan fingerprint density at radius 3 is 2.75 bits per heavy atom. The lowest BCUT2D eigenvalue weighted by atomic mass is 9.72. The van der Waals surface area contributed by atoms with Crippen molar-refractivity contribution in [1.29, 1.82) is 0 Å². The molecule has 3 nitrogen and oxygen atoms in total. The fourth-order valence-corrected chi connectivity index (χ4v) is 4.32. The van der Waals surface area contributed by atoms with Gasteiger partial charge in [-0.2, -0.15) is 0 Å². The summed E-state index contributed by atoms with van der Waals surface area (Å²) < 4.78 is 1.01. The molecular weight excluding hydrogens is 202 g/mol. The molecule has 92 valence electrons. The second-order valence-corrected chi connectivity index (χ2v) is 5.89. The first kappa shape index (κ1) is 11.9. The van der Waals surface area contributed by atoms with Crippen LogP contribution in [0.2, 0.25) is 0 Å². The van der Waals surface area contributed by atoms with Crippen molar-refractivity contribution in [2.45, 2.75) is 46.1 Å². The number of rotatable bonds is 3. The third-order valence-corrected chi connectivity index (χ3v) is 4.80. The van der Waals surface area contributed by atoms with Crippen LogP contribution in [-0.4, -0.2) is 28.7 Å². The monoisotopic (exact) mass is 225 g/mol. The van der Waals surface area contributed by atoms with Crippen LogP contribution < -0.4 is 0 Å². The summed E-state index contributed by atoms with van der Waals surface area (Å²) in [6, 6.07) is 0. The highest BCUT2D eigenvalue weighted by molar-refractivity contribution is 5.46. The van der Waals surface area contributed by atoms with Gasteiger partial charge in [-0.15, -0.1) is 0 Å². The maximum atomic E-state index is 11.6. The van der Waals surface area contributed by atoms with Gasteiger partial charge < -0.3 is 10.3 Å². The van der Waals surface area contributed by atoms with Crippen LogP contribution in [0.4, 0.5) is 0 Å². The predicted octanol–water partition coefficient (Wildman–Crippen LogP) is 2.02. The Kier molecular flexibility index (Phi) is 2.99. The molecule has 0 saturated heterocycles. The average molecular weight is 225 g/mol. The highest BCUT2D eigenvalue weighted by atomic mass is 16.5. The van der Waals surface area contributed by atoms with Gasteiger partial charge in [-0.3, -0.25) is 0 Å². The van der Waals surface area contributed by atoms with Gasteiger partial charge in [0.05, 0.1) is 11.5 Å². The van der Waals surface area contributed by atoms with E-state index in [0.29, 0.717) is 24.3 Å². The second-order valence-electron chi connectivity index (χ2n) is 5.89. The van der Waals surface area contributed by atoms with Gasteiger partial charge in [0.25, 0.3) is 0 Å². The van der Waals surface area contributed by atoms with Gasteiger partial charge >= 0.3 is 0 Å². The molecule has 0 radical (unpaired) electrons. The Morgan fingerprint density at radius 1 is 1.56 bits per heavy atom. The maximum absolute atomic E-state index is 11.6. The minimum absolute atomic E-state index is 0.132. The molecule has 2 bridgehead atoms. The van der Waals surface area contributed by atoms with E-state index in [1.54, 1.807) is 13.1 Å². The first-order chi connectivity index (χ1) is 7.51. The molecule has 2 saturated carbocycles. The molecule has 4 atom stereocenters. The standard InChI is InChI=1S/C13H23NO2/c1-4-14(16)8-13-6-5-10(7-11(13)15)12(13)9(2)3/h4,9-12,15H,5-8H2,1-3H3/b14-4-. The van der Waals surface area contributed by atoms with Crippen LogP contribution in [0.3, 0.4) is 0 Å². The van der Waals surface area contributed by atoms with E-state index >= 15 is 0 Å². The third-order valence-electron chi connectivity index (χ3n) is 4.80. The normalized spacial score (nSPS) is 43.3. The molecule has 0 spiro atoms. The molecule has 2 rings (SSSR count). The average Bonchev–Trinajstić information content (AvgIpc) is 2.69. The van der Waals surface area contributed by atoms with Gasteiger partial charge in [0.2, 0.25) is 0 Å². The van der Waals surface area contributed by atoms with E-state index in [2.05, 4.69) is 13.8 Å². The topological polar surface area (TPSA) is 46.3 Å². The summed E-state index contributed by atoms with van der Waals surface area (Å²) in [4.78, 5) is 0. The van der Waals surface area contributed by atoms with Crippen LogP contribution in [-0.2, 0) is 0 Å². The van der Waals surface area contributed by atoms with E-state index in [4.69, 9.17) is 0 Å². The molecule has 1 N–H and O–H groups in total. The van der Waals surface area contributed by atoms with E-state index in [1.807, 2.05) is 0 Å². The summed E-state index contributed by atoms with van der Waals surface area (Å²) in [5, 5.41) is 21.9. The van der Waals surface area contributed by atoms with Gasteiger partial charge in [-0.25, -0.2) is 4.74 Å². The van der Waals surface area contributed by atoms with E-state index in [0.717, 1.165) is 17.6 Å². The number of hydrogen-bond donors (Lipinski definition) is 1. The number of aliphatic hydroxyl groups excluding tert-OH is 1. The summed E-state index contributed by atoms with van der Waals surface area (Å²) in [5.74, 6) is 1.73. The molecule has 0 aromatic carbocycles. The van der Waals surface area contributed by atoms with Gasteiger partial charge in [0.1, 0.15) is 6.21 Å². The minimum Gasteiger partial charge on any atom is -0.624 e. The van der Waals surface area contributed by atoms with Crippen LogP contribution in [0.15, 0.2) is 0 Å². The Hall–Kier alpha value is -0.570. The van der Waals surface area contributed by atoms with E-state index in [9.17, 15) is 10.3 Å². The highest BCUT2D eigenvalue weighted by Gasteiger charge is 2.61. The lowest BCUT2D eigenvalue weighted by Gasteiger charge is -2.35. The van der Waals surface area contributed by atoms with Crippen molar-refractivity contribution in [2.24, 2.45) is 23.2 Å². The zero-order chi connectivity index (χ0) is 11.9. The molecule has 2 aliphatic carbocycles. The molecule has 2 aliphatic rings. The largest absolute Gasteiger partial charge is 0.624 e. The Morgan fingerprint density at radius 2 is 2.25 bits per heavy atom. The zero-order valence-electron chi connectivity index (χ0n) is 10.5. The molecule has 2 fully saturated rings. The van der Waals surface area contributed by atoms with Crippen LogP contribution >= 0.6 is 0 Å². The Balaban J connectivity index is 2.27. The smallest absolute Gasteiger partial charge is 0.161 e. The molecule has 3 heteroatoms. The lowest BCUT2D eigenvalue weighted by molar-refractivity contribution is -0.477. The number of fused-ring (bicyclic) bond motifs is 2. The number of hydrogen-bond acceptors (Lipinski definition) is 2. The first-order valence-electron chi connectivity index (χ1n) is 6.42. The van der Waals surface area contributed by atoms with Crippen LogP contribution in [0.1, 0.15) is 40.0 Å². The fourth-order valence-electron chi connectivity index (χ4n) is 4.32. The predicted molar refractivity (Wildman–Crippen MR) is 64.3 cm³/mol. The van der Waals surface area contributed by atoms with Crippen LogP contribution in [0.25, 0.3) is 0 Å². The lowest BCUT2D eigenvalue weighted by Crippen LogP contribution is -2.42. The SMILES string of the molecule is C/C=[N+](\[O-])CC12CCC(CC1O)C2C(C)C. The zero-order valence-corrected chi connectivity index (χ0v) is 10.5. The number of nitrogens with zero attached hydrogens (tertiary/aromatic N) is 1. The van der Waals surface area contributed by atoms with Crippen LogP contribution in [0, 0.1) is 28.4 Å². The van der Waals surface area contributed by atoms with E-state index < -0.39 is 0 Å². The quantitative estimate of drug-likeness (QED) is 0.346. The molecule has 0 aliphatic heterocycles. The van der Waals surface area contributed by atoms with E-state index in [-0.39, 0.29) is 11.5 Å². The number of aliphatic hydroxyl groups is 1. The van der Waals surface area contributed by atoms with Crippen molar-refractivity contribution in [3.05, 3.63) is 5.21 Å². The molecule has 16 heavy (non-hydrogen) atoms. The molecule has 0 aromatic rings. The molecule has 0 heterocycles. The molecule has 4 unspecified atom stereocenters. The maximum Gasteiger partial charge on any atom is 0.161 e. The van der Waals surface area contributed by atoms with Gasteiger partial charge in [-0.1, -0.05) is 13.8 Å². The first-order valence-corrected chi connectivity index (χ1v) is 6.42.